The number of aliphatic hydroxyl groups is 2. The first-order valence-corrected chi connectivity index (χ1v) is 8.47. The molecule has 0 aromatic rings. The monoisotopic (exact) mass is 320 g/mol. The highest BCUT2D eigenvalue weighted by Crippen LogP contribution is 2.41. The van der Waals surface area contributed by atoms with Crippen LogP contribution in [0.5, 0.6) is 0 Å². The third-order valence-electron chi connectivity index (χ3n) is 4.50. The van der Waals surface area contributed by atoms with Gasteiger partial charge in [-0.3, -0.25) is 4.90 Å². The van der Waals surface area contributed by atoms with Gasteiger partial charge < -0.3 is 10.2 Å². The Kier molecular flexibility index (Phi) is 6.94. The van der Waals surface area contributed by atoms with Gasteiger partial charge in [-0.2, -0.15) is 0 Å². The first kappa shape index (κ1) is 19.2. The van der Waals surface area contributed by atoms with Gasteiger partial charge in [-0.05, 0) is 65.3 Å². The van der Waals surface area contributed by atoms with E-state index in [1.807, 2.05) is 4.42 Å². The molecule has 2 N–H and O–H groups in total. The fourth-order valence-electron chi connectivity index (χ4n) is 3.58. The highest BCUT2D eigenvalue weighted by molar-refractivity contribution is 6.14. The van der Waals surface area contributed by atoms with Crippen LogP contribution in [0, 0.1) is 0 Å². The van der Waals surface area contributed by atoms with E-state index in [0.29, 0.717) is 12.6 Å². The average molecular weight is 321 g/mol. The number of rotatable bonds is 7. The van der Waals surface area contributed by atoms with Crippen molar-refractivity contribution < 1.29 is 10.2 Å². The lowest BCUT2D eigenvalue weighted by molar-refractivity contribution is -0.0253. The molecule has 0 spiro atoms. The highest BCUT2D eigenvalue weighted by atomic mass is 35.5. The minimum atomic E-state index is -0.665. The maximum absolute atomic E-state index is 9.84. The molecule has 0 radical (unpaired) electrons. The van der Waals surface area contributed by atoms with E-state index in [9.17, 15) is 5.11 Å². The lowest BCUT2D eigenvalue weighted by Crippen LogP contribution is -2.61. The summed E-state index contributed by atoms with van der Waals surface area (Å²) >= 11 is 6.53. The Balaban J connectivity index is 2.85. The SMILES string of the molecule is CCCCN(CC(O)CO)C1CC(C)(C)N(Cl)C(C)(C)C1. The molecular weight excluding hydrogens is 288 g/mol. The Morgan fingerprint density at radius 1 is 1.24 bits per heavy atom. The van der Waals surface area contributed by atoms with E-state index in [4.69, 9.17) is 16.9 Å². The van der Waals surface area contributed by atoms with Crippen molar-refractivity contribution in [2.24, 2.45) is 0 Å². The Morgan fingerprint density at radius 3 is 2.19 bits per heavy atom. The van der Waals surface area contributed by atoms with Crippen LogP contribution in [0.2, 0.25) is 0 Å². The van der Waals surface area contributed by atoms with Gasteiger partial charge in [-0.15, -0.1) is 0 Å². The molecule has 0 aromatic heterocycles. The van der Waals surface area contributed by atoms with E-state index in [0.717, 1.165) is 32.2 Å². The highest BCUT2D eigenvalue weighted by Gasteiger charge is 2.46. The van der Waals surface area contributed by atoms with Crippen molar-refractivity contribution >= 4 is 11.8 Å². The number of halogens is 1. The van der Waals surface area contributed by atoms with E-state index < -0.39 is 6.10 Å². The summed E-state index contributed by atoms with van der Waals surface area (Å²) in [5.41, 5.74) is -0.162. The smallest absolute Gasteiger partial charge is 0.0897 e. The molecule has 5 heteroatoms. The predicted molar refractivity (Wildman–Crippen MR) is 88.4 cm³/mol. The van der Waals surface area contributed by atoms with Crippen LogP contribution < -0.4 is 0 Å². The van der Waals surface area contributed by atoms with Crippen LogP contribution in [0.3, 0.4) is 0 Å². The fourth-order valence-corrected chi connectivity index (χ4v) is 3.71. The minimum absolute atomic E-state index is 0.0808. The van der Waals surface area contributed by atoms with Crippen molar-refractivity contribution in [2.45, 2.75) is 83.5 Å². The van der Waals surface area contributed by atoms with Crippen molar-refractivity contribution in [3.63, 3.8) is 0 Å². The largest absolute Gasteiger partial charge is 0.394 e. The normalized spacial score (nSPS) is 24.4. The van der Waals surface area contributed by atoms with Crippen LogP contribution in [0.4, 0.5) is 0 Å². The van der Waals surface area contributed by atoms with Crippen LogP contribution in [0.15, 0.2) is 0 Å². The maximum atomic E-state index is 9.84. The molecule has 1 atom stereocenters. The summed E-state index contributed by atoms with van der Waals surface area (Å²) < 4.78 is 1.96. The van der Waals surface area contributed by atoms with E-state index in [2.05, 4.69) is 39.5 Å². The Labute approximate surface area is 135 Å². The zero-order valence-corrected chi connectivity index (χ0v) is 15.0. The zero-order chi connectivity index (χ0) is 16.3. The number of hydrogen-bond acceptors (Lipinski definition) is 4. The summed E-state index contributed by atoms with van der Waals surface area (Å²) in [6, 6.07) is 0.387. The molecule has 1 unspecified atom stereocenters. The van der Waals surface area contributed by atoms with Crippen LogP contribution in [0.25, 0.3) is 0 Å². The third kappa shape index (κ3) is 5.07. The Hall–Kier alpha value is 0.130. The van der Waals surface area contributed by atoms with E-state index in [-0.39, 0.29) is 17.7 Å². The summed E-state index contributed by atoms with van der Waals surface area (Å²) in [7, 11) is 0. The number of aliphatic hydroxyl groups excluding tert-OH is 2. The van der Waals surface area contributed by atoms with Crippen molar-refractivity contribution in [3.05, 3.63) is 0 Å². The lowest BCUT2D eigenvalue weighted by atomic mass is 9.78. The van der Waals surface area contributed by atoms with Gasteiger partial charge in [0.05, 0.1) is 12.7 Å². The molecule has 1 aliphatic rings. The number of unbranched alkanes of at least 4 members (excludes halogenated alkanes) is 1. The van der Waals surface area contributed by atoms with Gasteiger partial charge in [0.15, 0.2) is 0 Å². The summed E-state index contributed by atoms with van der Waals surface area (Å²) in [6.45, 7) is 12.2. The molecule has 1 fully saturated rings. The lowest BCUT2D eigenvalue weighted by Gasteiger charge is -2.53. The van der Waals surface area contributed by atoms with Crippen LogP contribution in [-0.4, -0.2) is 62.5 Å². The average Bonchev–Trinajstić information content (AvgIpc) is 2.39. The molecular formula is C16H33ClN2O2. The molecule has 1 heterocycles. The second-order valence-electron chi connectivity index (χ2n) is 7.65. The molecule has 1 rings (SSSR count). The number of piperidine rings is 1. The standard InChI is InChI=1S/C16H33ClN2O2/c1-6-7-8-18(11-14(21)12-20)13-9-15(2,3)19(17)16(4,5)10-13/h13-14,20-21H,6-12H2,1-5H3. The predicted octanol–water partition coefficient (Wildman–Crippen LogP) is 2.62. The molecule has 4 nitrogen and oxygen atoms in total. The van der Waals surface area contributed by atoms with Gasteiger partial charge in [0.1, 0.15) is 0 Å². The van der Waals surface area contributed by atoms with Crippen molar-refractivity contribution in [1.82, 2.24) is 9.32 Å². The third-order valence-corrected chi connectivity index (χ3v) is 5.42. The Bertz CT molecular complexity index is 305. The van der Waals surface area contributed by atoms with Gasteiger partial charge in [0.2, 0.25) is 0 Å². The minimum Gasteiger partial charge on any atom is -0.394 e. The molecule has 0 bridgehead atoms. The molecule has 0 aromatic carbocycles. The molecule has 0 saturated carbocycles. The van der Waals surface area contributed by atoms with E-state index in [1.54, 1.807) is 0 Å². The number of nitrogens with zero attached hydrogens (tertiary/aromatic N) is 2. The van der Waals surface area contributed by atoms with Gasteiger partial charge in [-0.1, -0.05) is 13.3 Å². The number of hydrogen-bond donors (Lipinski definition) is 2. The summed E-state index contributed by atoms with van der Waals surface area (Å²) in [6.07, 6.45) is 3.53. The quantitative estimate of drug-likeness (QED) is 0.708. The molecule has 126 valence electrons. The van der Waals surface area contributed by atoms with Crippen molar-refractivity contribution in [1.29, 1.82) is 0 Å². The summed E-state index contributed by atoms with van der Waals surface area (Å²) in [4.78, 5) is 2.35. The zero-order valence-electron chi connectivity index (χ0n) is 14.3. The van der Waals surface area contributed by atoms with Crippen molar-refractivity contribution in [2.75, 3.05) is 19.7 Å². The van der Waals surface area contributed by atoms with Gasteiger partial charge in [0.25, 0.3) is 0 Å². The van der Waals surface area contributed by atoms with Gasteiger partial charge in [-0.25, -0.2) is 4.42 Å². The topological polar surface area (TPSA) is 46.9 Å². The first-order valence-electron chi connectivity index (χ1n) is 8.13. The summed E-state index contributed by atoms with van der Waals surface area (Å²) in [5.74, 6) is 0. The van der Waals surface area contributed by atoms with Gasteiger partial charge >= 0.3 is 0 Å². The van der Waals surface area contributed by atoms with Crippen LogP contribution >= 0.6 is 11.8 Å². The molecule has 21 heavy (non-hydrogen) atoms. The summed E-state index contributed by atoms with van der Waals surface area (Å²) in [5, 5.41) is 19.0. The van der Waals surface area contributed by atoms with Crippen LogP contribution in [-0.2, 0) is 0 Å². The molecule has 1 saturated heterocycles. The second-order valence-corrected chi connectivity index (χ2v) is 7.99. The molecule has 1 aliphatic heterocycles. The van der Waals surface area contributed by atoms with Crippen molar-refractivity contribution in [3.8, 4) is 0 Å². The fraction of sp³-hybridized carbons (Fsp3) is 1.00. The Morgan fingerprint density at radius 2 is 1.76 bits per heavy atom. The maximum Gasteiger partial charge on any atom is 0.0897 e. The van der Waals surface area contributed by atoms with Gasteiger partial charge in [0, 0.05) is 23.7 Å². The molecule has 0 aliphatic carbocycles. The van der Waals surface area contributed by atoms with E-state index in [1.165, 1.54) is 0 Å². The molecule has 0 amide bonds. The first-order chi connectivity index (χ1) is 9.64. The second kappa shape index (κ2) is 7.60. The van der Waals surface area contributed by atoms with Crippen LogP contribution in [0.1, 0.15) is 60.3 Å². The van der Waals surface area contributed by atoms with E-state index >= 15 is 0 Å².